The fourth-order valence-corrected chi connectivity index (χ4v) is 4.25. The minimum absolute atomic E-state index is 0.0234. The standard InChI is InChI=1S/C18H26N4O4/c1-3-21-10-18(7-5-14(21)23)6-4-8-22(11-18)15(24)9-13-12(2)19-17(26)20-16(13)25/h3-11H2,1-2H3,(H2,19,20,25,26)/t18-/m1/s1. The summed E-state index contributed by atoms with van der Waals surface area (Å²) in [6.45, 7) is 6.29. The summed E-state index contributed by atoms with van der Waals surface area (Å²) in [6, 6.07) is 0. The predicted molar refractivity (Wildman–Crippen MR) is 95.9 cm³/mol. The molecule has 3 rings (SSSR count). The topological polar surface area (TPSA) is 106 Å². The molecule has 8 heteroatoms. The molecule has 2 aliphatic rings. The Morgan fingerprint density at radius 1 is 1.15 bits per heavy atom. The summed E-state index contributed by atoms with van der Waals surface area (Å²) in [6.07, 6.45) is 3.24. The average molecular weight is 362 g/mol. The van der Waals surface area contributed by atoms with E-state index in [0.29, 0.717) is 43.9 Å². The Morgan fingerprint density at radius 2 is 1.92 bits per heavy atom. The third-order valence-electron chi connectivity index (χ3n) is 5.73. The van der Waals surface area contributed by atoms with Crippen LogP contribution in [0.25, 0.3) is 0 Å². The molecule has 26 heavy (non-hydrogen) atoms. The van der Waals surface area contributed by atoms with E-state index in [9.17, 15) is 19.2 Å². The van der Waals surface area contributed by atoms with Gasteiger partial charge < -0.3 is 14.8 Å². The van der Waals surface area contributed by atoms with Gasteiger partial charge in [0.1, 0.15) is 0 Å². The minimum Gasteiger partial charge on any atom is -0.342 e. The first-order chi connectivity index (χ1) is 12.3. The summed E-state index contributed by atoms with van der Waals surface area (Å²) in [4.78, 5) is 56.5. The predicted octanol–water partition coefficient (Wildman–Crippen LogP) is 0.165. The van der Waals surface area contributed by atoms with Crippen LogP contribution in [-0.2, 0) is 16.0 Å². The van der Waals surface area contributed by atoms with Crippen LogP contribution in [0.1, 0.15) is 43.9 Å². The van der Waals surface area contributed by atoms with E-state index < -0.39 is 11.2 Å². The van der Waals surface area contributed by atoms with Crippen LogP contribution in [0.2, 0.25) is 0 Å². The van der Waals surface area contributed by atoms with Crippen molar-refractivity contribution in [1.82, 2.24) is 19.8 Å². The van der Waals surface area contributed by atoms with Crippen molar-refractivity contribution >= 4 is 11.8 Å². The van der Waals surface area contributed by atoms with E-state index >= 15 is 0 Å². The number of hydrogen-bond donors (Lipinski definition) is 2. The number of carbonyl (C=O) groups is 2. The molecule has 1 aromatic rings. The van der Waals surface area contributed by atoms with Crippen LogP contribution < -0.4 is 11.2 Å². The van der Waals surface area contributed by atoms with Gasteiger partial charge in [0.05, 0.1) is 6.42 Å². The van der Waals surface area contributed by atoms with Crippen LogP contribution in [0.4, 0.5) is 0 Å². The van der Waals surface area contributed by atoms with Crippen molar-refractivity contribution in [2.24, 2.45) is 5.41 Å². The second kappa shape index (κ2) is 7.09. The van der Waals surface area contributed by atoms with Crippen LogP contribution in [-0.4, -0.2) is 57.8 Å². The van der Waals surface area contributed by atoms with E-state index in [2.05, 4.69) is 9.97 Å². The molecule has 2 fully saturated rings. The molecule has 0 radical (unpaired) electrons. The Balaban J connectivity index is 1.74. The SMILES string of the molecule is CCN1C[C@@]2(CCCN(C(=O)Cc3c(C)[nH]c(=O)[nH]c3=O)C2)CCC1=O. The van der Waals surface area contributed by atoms with Gasteiger partial charge in [-0.1, -0.05) is 0 Å². The van der Waals surface area contributed by atoms with Crippen LogP contribution in [0.15, 0.2) is 9.59 Å². The van der Waals surface area contributed by atoms with Crippen LogP contribution >= 0.6 is 0 Å². The van der Waals surface area contributed by atoms with E-state index in [1.54, 1.807) is 6.92 Å². The monoisotopic (exact) mass is 362 g/mol. The molecule has 1 aromatic heterocycles. The summed E-state index contributed by atoms with van der Waals surface area (Å²) >= 11 is 0. The van der Waals surface area contributed by atoms with Crippen molar-refractivity contribution in [3.05, 3.63) is 32.1 Å². The first-order valence-corrected chi connectivity index (χ1v) is 9.21. The number of aryl methyl sites for hydroxylation is 1. The summed E-state index contributed by atoms with van der Waals surface area (Å²) in [5.41, 5.74) is -0.369. The molecule has 0 aromatic carbocycles. The Morgan fingerprint density at radius 3 is 2.62 bits per heavy atom. The molecule has 2 aliphatic heterocycles. The number of piperidine rings is 2. The summed E-state index contributed by atoms with van der Waals surface area (Å²) in [5, 5.41) is 0. The molecule has 0 bridgehead atoms. The maximum absolute atomic E-state index is 12.8. The number of H-pyrrole nitrogens is 2. The molecule has 2 saturated heterocycles. The molecule has 0 unspecified atom stereocenters. The number of rotatable bonds is 3. The highest BCUT2D eigenvalue weighted by atomic mass is 16.2. The molecule has 2 amide bonds. The second-order valence-corrected chi connectivity index (χ2v) is 7.52. The van der Waals surface area contributed by atoms with Crippen molar-refractivity contribution in [2.45, 2.75) is 46.0 Å². The van der Waals surface area contributed by atoms with Gasteiger partial charge in [0.15, 0.2) is 0 Å². The molecule has 142 valence electrons. The van der Waals surface area contributed by atoms with E-state index in [1.807, 2.05) is 16.7 Å². The van der Waals surface area contributed by atoms with Gasteiger partial charge in [0.2, 0.25) is 11.8 Å². The van der Waals surface area contributed by atoms with Crippen molar-refractivity contribution < 1.29 is 9.59 Å². The van der Waals surface area contributed by atoms with E-state index in [-0.39, 0.29) is 23.7 Å². The van der Waals surface area contributed by atoms with Gasteiger partial charge in [0, 0.05) is 49.3 Å². The Hall–Kier alpha value is -2.38. The molecule has 8 nitrogen and oxygen atoms in total. The molecule has 3 heterocycles. The van der Waals surface area contributed by atoms with Crippen molar-refractivity contribution in [2.75, 3.05) is 26.2 Å². The van der Waals surface area contributed by atoms with Gasteiger partial charge in [-0.15, -0.1) is 0 Å². The van der Waals surface area contributed by atoms with Gasteiger partial charge >= 0.3 is 5.69 Å². The van der Waals surface area contributed by atoms with Crippen LogP contribution in [0.3, 0.4) is 0 Å². The van der Waals surface area contributed by atoms with Gasteiger partial charge in [-0.05, 0) is 33.1 Å². The number of nitrogens with zero attached hydrogens (tertiary/aromatic N) is 2. The highest BCUT2D eigenvalue weighted by Gasteiger charge is 2.42. The maximum Gasteiger partial charge on any atom is 0.325 e. The van der Waals surface area contributed by atoms with Crippen molar-refractivity contribution in [1.29, 1.82) is 0 Å². The first-order valence-electron chi connectivity index (χ1n) is 9.21. The van der Waals surface area contributed by atoms with Gasteiger partial charge in [-0.3, -0.25) is 19.4 Å². The number of aromatic amines is 2. The Labute approximate surface area is 151 Å². The maximum atomic E-state index is 12.8. The van der Waals surface area contributed by atoms with Crippen LogP contribution in [0.5, 0.6) is 0 Å². The van der Waals surface area contributed by atoms with Crippen molar-refractivity contribution in [3.8, 4) is 0 Å². The summed E-state index contributed by atoms with van der Waals surface area (Å²) < 4.78 is 0. The first kappa shape index (κ1) is 18.4. The summed E-state index contributed by atoms with van der Waals surface area (Å²) in [7, 11) is 0. The smallest absolute Gasteiger partial charge is 0.325 e. The van der Waals surface area contributed by atoms with Gasteiger partial charge in [0.25, 0.3) is 5.56 Å². The molecule has 2 N–H and O–H groups in total. The summed E-state index contributed by atoms with van der Waals surface area (Å²) in [5.74, 6) is 0.0849. The number of aromatic nitrogens is 2. The molecule has 0 aliphatic carbocycles. The van der Waals surface area contributed by atoms with Gasteiger partial charge in [-0.2, -0.15) is 0 Å². The Bertz CT molecular complexity index is 827. The fourth-order valence-electron chi connectivity index (χ4n) is 4.25. The van der Waals surface area contributed by atoms with Crippen molar-refractivity contribution in [3.63, 3.8) is 0 Å². The normalized spacial score (nSPS) is 23.5. The molecule has 1 atom stereocenters. The average Bonchev–Trinajstić information content (AvgIpc) is 2.60. The highest BCUT2D eigenvalue weighted by Crippen LogP contribution is 2.38. The fraction of sp³-hybridized carbons (Fsp3) is 0.667. The zero-order chi connectivity index (χ0) is 18.9. The highest BCUT2D eigenvalue weighted by molar-refractivity contribution is 5.79. The molecule has 0 saturated carbocycles. The van der Waals surface area contributed by atoms with E-state index in [4.69, 9.17) is 0 Å². The number of amides is 2. The number of carbonyl (C=O) groups excluding carboxylic acids is 2. The lowest BCUT2D eigenvalue weighted by Crippen LogP contribution is -2.55. The number of likely N-dealkylation sites (tertiary alicyclic amines) is 2. The second-order valence-electron chi connectivity index (χ2n) is 7.52. The van der Waals surface area contributed by atoms with E-state index in [1.165, 1.54) is 0 Å². The molecular weight excluding hydrogens is 336 g/mol. The lowest BCUT2D eigenvalue weighted by Gasteiger charge is -2.48. The largest absolute Gasteiger partial charge is 0.342 e. The van der Waals surface area contributed by atoms with Gasteiger partial charge in [-0.25, -0.2) is 4.79 Å². The zero-order valence-electron chi connectivity index (χ0n) is 15.4. The third kappa shape index (κ3) is 3.59. The minimum atomic E-state index is -0.563. The van der Waals surface area contributed by atoms with E-state index in [0.717, 1.165) is 19.3 Å². The molecular formula is C18H26N4O4. The third-order valence-corrected chi connectivity index (χ3v) is 5.73. The quantitative estimate of drug-likeness (QED) is 0.799. The number of hydrogen-bond acceptors (Lipinski definition) is 4. The lowest BCUT2D eigenvalue weighted by atomic mass is 9.73. The van der Waals surface area contributed by atoms with Crippen LogP contribution in [0, 0.1) is 12.3 Å². The Kier molecular flexibility index (Phi) is 5.02. The molecule has 1 spiro atoms. The number of nitrogens with one attached hydrogen (secondary N) is 2. The zero-order valence-corrected chi connectivity index (χ0v) is 15.4. The lowest BCUT2D eigenvalue weighted by molar-refractivity contribution is -0.142.